The van der Waals surface area contributed by atoms with E-state index in [2.05, 4.69) is 15.2 Å². The molecule has 7 nitrogen and oxygen atoms in total. The molecule has 0 bridgehead atoms. The Balaban J connectivity index is 2.10. The van der Waals surface area contributed by atoms with Crippen molar-refractivity contribution in [1.82, 2.24) is 9.38 Å². The number of aromatic nitrogens is 2. The molecule has 2 aromatic heterocycles. The number of aromatic carboxylic acids is 1. The van der Waals surface area contributed by atoms with E-state index in [1.54, 1.807) is 28.8 Å². The first-order valence-electron chi connectivity index (χ1n) is 7.53. The predicted molar refractivity (Wildman–Crippen MR) is 93.5 cm³/mol. The second kappa shape index (κ2) is 6.52. The maximum Gasteiger partial charge on any atom is 0.337 e. The Morgan fingerprint density at radius 2 is 2.04 bits per heavy atom. The van der Waals surface area contributed by atoms with E-state index in [0.717, 1.165) is 0 Å². The zero-order valence-electron chi connectivity index (χ0n) is 13.5. The summed E-state index contributed by atoms with van der Waals surface area (Å²) in [5, 5.41) is 27.6. The van der Waals surface area contributed by atoms with Crippen LogP contribution in [0.25, 0.3) is 5.65 Å². The first-order chi connectivity index (χ1) is 11.9. The van der Waals surface area contributed by atoms with Crippen LogP contribution in [0.4, 0.5) is 11.5 Å². The van der Waals surface area contributed by atoms with Crippen LogP contribution >= 0.6 is 11.6 Å². The molecule has 1 aromatic carbocycles. The van der Waals surface area contributed by atoms with Crippen molar-refractivity contribution in [1.29, 1.82) is 0 Å². The zero-order valence-corrected chi connectivity index (χ0v) is 14.3. The van der Waals surface area contributed by atoms with Crippen LogP contribution in [0.15, 0.2) is 46.8 Å². The minimum atomic E-state index is -1.13. The number of aromatic hydroxyl groups is 1. The van der Waals surface area contributed by atoms with Crippen LogP contribution in [0.1, 0.15) is 35.8 Å². The van der Waals surface area contributed by atoms with Crippen LogP contribution in [0, 0.1) is 0 Å². The standard InChI is InChI=1S/C17H15ClN4O3/c1-9(2)14-16(22-7-3-4-13(23)15(22)19-14)21-20-10-5-6-12(18)11(8-10)17(24)25/h3-9,23H,1-2H3,(H,24,25). The molecule has 0 spiro atoms. The van der Waals surface area contributed by atoms with Gasteiger partial charge in [0.2, 0.25) is 0 Å². The van der Waals surface area contributed by atoms with Gasteiger partial charge >= 0.3 is 5.97 Å². The molecule has 0 atom stereocenters. The normalized spacial score (nSPS) is 11.7. The summed E-state index contributed by atoms with van der Waals surface area (Å²) in [6.45, 7) is 3.92. The number of hydrogen-bond acceptors (Lipinski definition) is 5. The smallest absolute Gasteiger partial charge is 0.337 e. The second-order valence-electron chi connectivity index (χ2n) is 5.73. The maximum absolute atomic E-state index is 11.2. The number of azo groups is 1. The Morgan fingerprint density at radius 3 is 2.72 bits per heavy atom. The number of hydrogen-bond donors (Lipinski definition) is 2. The molecule has 0 aliphatic carbocycles. The molecule has 2 N–H and O–H groups in total. The maximum atomic E-state index is 11.2. The van der Waals surface area contributed by atoms with Crippen molar-refractivity contribution in [2.45, 2.75) is 19.8 Å². The minimum absolute atomic E-state index is 0.0435. The van der Waals surface area contributed by atoms with E-state index in [1.165, 1.54) is 12.1 Å². The van der Waals surface area contributed by atoms with Crippen LogP contribution in [0.3, 0.4) is 0 Å². The Bertz CT molecular complexity index is 995. The number of halogens is 1. The lowest BCUT2D eigenvalue weighted by molar-refractivity contribution is 0.0697. The highest BCUT2D eigenvalue weighted by Crippen LogP contribution is 2.32. The lowest BCUT2D eigenvalue weighted by Gasteiger charge is -2.02. The number of rotatable bonds is 4. The Morgan fingerprint density at radius 1 is 1.28 bits per heavy atom. The summed E-state index contributed by atoms with van der Waals surface area (Å²) in [7, 11) is 0. The van der Waals surface area contributed by atoms with E-state index in [-0.39, 0.29) is 22.3 Å². The molecule has 0 aliphatic heterocycles. The zero-order chi connectivity index (χ0) is 18.1. The van der Waals surface area contributed by atoms with E-state index < -0.39 is 5.97 Å². The summed E-state index contributed by atoms with van der Waals surface area (Å²) in [5.74, 6) is -0.545. The van der Waals surface area contributed by atoms with Crippen molar-refractivity contribution in [3.8, 4) is 5.75 Å². The minimum Gasteiger partial charge on any atom is -0.504 e. The summed E-state index contributed by atoms with van der Waals surface area (Å²) in [5.41, 5.74) is 1.38. The first-order valence-corrected chi connectivity index (χ1v) is 7.90. The molecule has 2 heterocycles. The molecule has 0 saturated carbocycles. The van der Waals surface area contributed by atoms with Crippen molar-refractivity contribution in [3.05, 3.63) is 52.8 Å². The van der Waals surface area contributed by atoms with Gasteiger partial charge in [-0.05, 0) is 36.2 Å². The third-order valence-corrected chi connectivity index (χ3v) is 3.95. The number of imidazole rings is 1. The largest absolute Gasteiger partial charge is 0.504 e. The van der Waals surface area contributed by atoms with Gasteiger partial charge in [-0.3, -0.25) is 4.40 Å². The second-order valence-corrected chi connectivity index (χ2v) is 6.14. The molecule has 3 aromatic rings. The topological polar surface area (TPSA) is 99.5 Å². The van der Waals surface area contributed by atoms with E-state index in [4.69, 9.17) is 16.7 Å². The highest BCUT2D eigenvalue weighted by atomic mass is 35.5. The molecule has 0 amide bonds. The molecule has 0 radical (unpaired) electrons. The third kappa shape index (κ3) is 3.18. The van der Waals surface area contributed by atoms with Gasteiger partial charge in [0.15, 0.2) is 17.2 Å². The molecule has 8 heteroatoms. The van der Waals surface area contributed by atoms with Gasteiger partial charge in [0, 0.05) is 6.20 Å². The highest BCUT2D eigenvalue weighted by molar-refractivity contribution is 6.33. The fourth-order valence-electron chi connectivity index (χ4n) is 2.39. The van der Waals surface area contributed by atoms with E-state index >= 15 is 0 Å². The van der Waals surface area contributed by atoms with Crippen molar-refractivity contribution in [2.75, 3.05) is 0 Å². The van der Waals surface area contributed by atoms with Crippen LogP contribution < -0.4 is 0 Å². The molecule has 128 valence electrons. The van der Waals surface area contributed by atoms with Crippen LogP contribution in [-0.2, 0) is 0 Å². The van der Waals surface area contributed by atoms with Gasteiger partial charge in [-0.1, -0.05) is 25.4 Å². The molecule has 0 aliphatic rings. The lowest BCUT2D eigenvalue weighted by Crippen LogP contribution is -1.96. The number of benzene rings is 1. The quantitative estimate of drug-likeness (QED) is 0.646. The Kier molecular flexibility index (Phi) is 4.41. The van der Waals surface area contributed by atoms with Crippen molar-refractivity contribution in [2.24, 2.45) is 10.2 Å². The monoisotopic (exact) mass is 358 g/mol. The van der Waals surface area contributed by atoms with Crippen molar-refractivity contribution >= 4 is 34.7 Å². The van der Waals surface area contributed by atoms with Crippen molar-refractivity contribution in [3.63, 3.8) is 0 Å². The molecule has 0 saturated heterocycles. The fraction of sp³-hybridized carbons (Fsp3) is 0.176. The number of pyridine rings is 1. The van der Waals surface area contributed by atoms with E-state index in [0.29, 0.717) is 22.8 Å². The summed E-state index contributed by atoms with van der Waals surface area (Å²) < 4.78 is 1.64. The predicted octanol–water partition coefficient (Wildman–Crippen LogP) is 4.93. The highest BCUT2D eigenvalue weighted by Gasteiger charge is 2.17. The molecular formula is C17H15ClN4O3. The van der Waals surface area contributed by atoms with Gasteiger partial charge in [0.1, 0.15) is 0 Å². The number of carbonyl (C=O) groups is 1. The molecule has 3 rings (SSSR count). The summed E-state index contributed by atoms with van der Waals surface area (Å²) in [6.07, 6.45) is 1.73. The van der Waals surface area contributed by atoms with Gasteiger partial charge in [-0.2, -0.15) is 0 Å². The number of nitrogens with zero attached hydrogens (tertiary/aromatic N) is 4. The summed E-state index contributed by atoms with van der Waals surface area (Å²) in [4.78, 5) is 15.6. The molecule has 0 fully saturated rings. The van der Waals surface area contributed by atoms with Gasteiger partial charge in [0.25, 0.3) is 0 Å². The molecular weight excluding hydrogens is 344 g/mol. The van der Waals surface area contributed by atoms with Crippen LogP contribution in [0.2, 0.25) is 5.02 Å². The Labute approximate surface area is 148 Å². The van der Waals surface area contributed by atoms with Crippen molar-refractivity contribution < 1.29 is 15.0 Å². The van der Waals surface area contributed by atoms with Gasteiger partial charge < -0.3 is 10.2 Å². The fourth-order valence-corrected chi connectivity index (χ4v) is 2.59. The molecule has 0 unspecified atom stereocenters. The van der Waals surface area contributed by atoms with E-state index in [1.807, 2.05) is 13.8 Å². The van der Waals surface area contributed by atoms with Gasteiger partial charge in [-0.15, -0.1) is 10.2 Å². The van der Waals surface area contributed by atoms with Crippen LogP contribution in [0.5, 0.6) is 5.75 Å². The summed E-state index contributed by atoms with van der Waals surface area (Å²) in [6, 6.07) is 7.62. The average Bonchev–Trinajstić information content (AvgIpc) is 2.94. The molecule has 25 heavy (non-hydrogen) atoms. The first kappa shape index (κ1) is 16.9. The number of carboxylic acid groups (broad SMARTS) is 1. The van der Waals surface area contributed by atoms with Crippen LogP contribution in [-0.4, -0.2) is 25.6 Å². The number of fused-ring (bicyclic) bond motifs is 1. The van der Waals surface area contributed by atoms with Gasteiger partial charge in [-0.25, -0.2) is 9.78 Å². The SMILES string of the molecule is CC(C)c1nc2c(O)cccn2c1N=Nc1ccc(Cl)c(C(=O)O)c1. The van der Waals surface area contributed by atoms with Gasteiger partial charge in [0.05, 0.1) is 22.0 Å². The third-order valence-electron chi connectivity index (χ3n) is 3.62. The van der Waals surface area contributed by atoms with E-state index in [9.17, 15) is 9.90 Å². The Hall–Kier alpha value is -2.93. The number of carboxylic acids is 1. The lowest BCUT2D eigenvalue weighted by atomic mass is 10.1. The summed E-state index contributed by atoms with van der Waals surface area (Å²) >= 11 is 5.86. The average molecular weight is 359 g/mol.